The molecule has 4 N–H and O–H groups in total. The second-order valence-electron chi connectivity index (χ2n) is 4.16. The van der Waals surface area contributed by atoms with E-state index in [-0.39, 0.29) is 11.1 Å². The van der Waals surface area contributed by atoms with Crippen LogP contribution in [0.5, 0.6) is 0 Å². The van der Waals surface area contributed by atoms with Gasteiger partial charge in [-0.25, -0.2) is 8.42 Å². The van der Waals surface area contributed by atoms with E-state index in [4.69, 9.17) is 11.1 Å². The van der Waals surface area contributed by atoms with Crippen LogP contribution in [-0.2, 0) is 10.0 Å². The Bertz CT molecular complexity index is 509. The number of nitrogens with two attached hydrogens (primary N) is 1. The van der Waals surface area contributed by atoms with Crippen molar-refractivity contribution in [3.63, 3.8) is 0 Å². The Balaban J connectivity index is 2.22. The van der Waals surface area contributed by atoms with Gasteiger partial charge in [-0.3, -0.25) is 5.41 Å². The SMILES string of the molecule is N=C(N)C(NS(=O)(=O)C1CC1)c1ccccc1. The lowest BCUT2D eigenvalue weighted by Gasteiger charge is -2.17. The first-order valence-electron chi connectivity index (χ1n) is 5.41. The number of sulfonamides is 1. The smallest absolute Gasteiger partial charge is 0.215 e. The minimum atomic E-state index is -3.35. The summed E-state index contributed by atoms with van der Waals surface area (Å²) in [4.78, 5) is 0. The van der Waals surface area contributed by atoms with E-state index < -0.39 is 16.1 Å². The molecule has 1 atom stereocenters. The summed E-state index contributed by atoms with van der Waals surface area (Å²) in [5, 5.41) is 7.17. The van der Waals surface area contributed by atoms with Crippen LogP contribution in [0.15, 0.2) is 30.3 Å². The van der Waals surface area contributed by atoms with Gasteiger partial charge in [0.05, 0.1) is 5.25 Å². The zero-order valence-electron chi connectivity index (χ0n) is 9.26. The lowest BCUT2D eigenvalue weighted by Crippen LogP contribution is -2.38. The molecule has 5 nitrogen and oxygen atoms in total. The molecule has 92 valence electrons. The van der Waals surface area contributed by atoms with Crippen molar-refractivity contribution in [2.24, 2.45) is 5.73 Å². The fourth-order valence-corrected chi connectivity index (χ4v) is 3.14. The second-order valence-corrected chi connectivity index (χ2v) is 6.15. The molecule has 1 fully saturated rings. The fraction of sp³-hybridized carbons (Fsp3) is 0.364. The predicted octanol–water partition coefficient (Wildman–Crippen LogP) is 0.745. The first kappa shape index (κ1) is 12.1. The van der Waals surface area contributed by atoms with Gasteiger partial charge in [0, 0.05) is 0 Å². The second kappa shape index (κ2) is 4.46. The third kappa shape index (κ3) is 2.83. The number of nitrogens with one attached hydrogen (secondary N) is 2. The molecule has 1 aliphatic carbocycles. The van der Waals surface area contributed by atoms with Gasteiger partial charge < -0.3 is 5.73 Å². The van der Waals surface area contributed by atoms with Crippen LogP contribution in [0.2, 0.25) is 0 Å². The van der Waals surface area contributed by atoms with Gasteiger partial charge >= 0.3 is 0 Å². The number of hydrogen-bond donors (Lipinski definition) is 3. The maximum absolute atomic E-state index is 11.8. The van der Waals surface area contributed by atoms with Gasteiger partial charge in [0.25, 0.3) is 0 Å². The third-order valence-corrected chi connectivity index (χ3v) is 4.60. The zero-order chi connectivity index (χ0) is 12.5. The van der Waals surface area contributed by atoms with Crippen LogP contribution in [0, 0.1) is 5.41 Å². The number of amidine groups is 1. The zero-order valence-corrected chi connectivity index (χ0v) is 10.1. The van der Waals surface area contributed by atoms with Gasteiger partial charge in [0.15, 0.2) is 0 Å². The quantitative estimate of drug-likeness (QED) is 0.533. The van der Waals surface area contributed by atoms with Gasteiger partial charge in [0.1, 0.15) is 11.9 Å². The lowest BCUT2D eigenvalue weighted by atomic mass is 10.1. The van der Waals surface area contributed by atoms with Crippen molar-refractivity contribution in [1.82, 2.24) is 4.72 Å². The average Bonchev–Trinajstić information content (AvgIpc) is 3.11. The van der Waals surface area contributed by atoms with Crippen LogP contribution < -0.4 is 10.5 Å². The molecule has 6 heteroatoms. The molecule has 17 heavy (non-hydrogen) atoms. The average molecular weight is 253 g/mol. The highest BCUT2D eigenvalue weighted by Gasteiger charge is 2.37. The first-order chi connectivity index (χ1) is 8.00. The van der Waals surface area contributed by atoms with Crippen LogP contribution in [0.3, 0.4) is 0 Å². The van der Waals surface area contributed by atoms with Gasteiger partial charge in [0.2, 0.25) is 10.0 Å². The fourth-order valence-electron chi connectivity index (χ4n) is 1.60. The van der Waals surface area contributed by atoms with Crippen molar-refractivity contribution in [3.05, 3.63) is 35.9 Å². The molecule has 0 aromatic heterocycles. The molecule has 0 saturated heterocycles. The number of benzene rings is 1. The minimum Gasteiger partial charge on any atom is -0.386 e. The molecule has 1 saturated carbocycles. The van der Waals surface area contributed by atoms with Gasteiger partial charge in [-0.05, 0) is 18.4 Å². The standard InChI is InChI=1S/C11H15N3O2S/c12-11(13)10(8-4-2-1-3-5-8)14-17(15,16)9-6-7-9/h1-5,9-10,14H,6-7H2,(H3,12,13). The van der Waals surface area contributed by atoms with Crippen LogP contribution in [0.25, 0.3) is 0 Å². The van der Waals surface area contributed by atoms with E-state index >= 15 is 0 Å². The molecule has 0 heterocycles. The third-order valence-electron chi connectivity index (χ3n) is 2.69. The topological polar surface area (TPSA) is 96.0 Å². The Morgan fingerprint density at radius 1 is 1.35 bits per heavy atom. The van der Waals surface area contributed by atoms with Crippen molar-refractivity contribution in [2.75, 3.05) is 0 Å². The summed E-state index contributed by atoms with van der Waals surface area (Å²) >= 11 is 0. The Hall–Kier alpha value is -1.40. The molecular weight excluding hydrogens is 238 g/mol. The summed E-state index contributed by atoms with van der Waals surface area (Å²) in [6.07, 6.45) is 1.38. The Morgan fingerprint density at radius 3 is 2.41 bits per heavy atom. The molecule has 1 aliphatic rings. The normalized spacial score (nSPS) is 17.6. The number of hydrogen-bond acceptors (Lipinski definition) is 3. The van der Waals surface area contributed by atoms with Crippen molar-refractivity contribution in [3.8, 4) is 0 Å². The molecule has 0 aliphatic heterocycles. The minimum absolute atomic E-state index is 0.194. The van der Waals surface area contributed by atoms with E-state index in [2.05, 4.69) is 4.72 Å². The van der Waals surface area contributed by atoms with Gasteiger partial charge in [-0.2, -0.15) is 4.72 Å². The van der Waals surface area contributed by atoms with Crippen LogP contribution in [0.1, 0.15) is 24.4 Å². The lowest BCUT2D eigenvalue weighted by molar-refractivity contribution is 0.575. The summed E-state index contributed by atoms with van der Waals surface area (Å²) in [7, 11) is -3.35. The Labute approximate surface area is 101 Å². The van der Waals surface area contributed by atoms with Crippen molar-refractivity contribution >= 4 is 15.9 Å². The molecule has 1 aromatic rings. The highest BCUT2D eigenvalue weighted by atomic mass is 32.2. The summed E-state index contributed by atoms with van der Waals surface area (Å²) in [5.74, 6) is -0.194. The highest BCUT2D eigenvalue weighted by molar-refractivity contribution is 7.90. The summed E-state index contributed by atoms with van der Waals surface area (Å²) < 4.78 is 26.1. The van der Waals surface area contributed by atoms with E-state index in [1.165, 1.54) is 0 Å². The Morgan fingerprint density at radius 2 is 1.94 bits per heavy atom. The van der Waals surface area contributed by atoms with Crippen LogP contribution in [-0.4, -0.2) is 19.5 Å². The monoisotopic (exact) mass is 253 g/mol. The molecule has 1 aromatic carbocycles. The van der Waals surface area contributed by atoms with Crippen molar-refractivity contribution < 1.29 is 8.42 Å². The maximum Gasteiger partial charge on any atom is 0.215 e. The molecule has 2 rings (SSSR count). The first-order valence-corrected chi connectivity index (χ1v) is 6.95. The largest absolute Gasteiger partial charge is 0.386 e. The van der Waals surface area contributed by atoms with E-state index in [0.717, 1.165) is 0 Å². The summed E-state index contributed by atoms with van der Waals surface area (Å²) in [6.45, 7) is 0. The molecule has 0 bridgehead atoms. The van der Waals surface area contributed by atoms with Crippen LogP contribution >= 0.6 is 0 Å². The Kier molecular flexibility index (Phi) is 3.17. The van der Waals surface area contributed by atoms with Gasteiger partial charge in [-0.15, -0.1) is 0 Å². The number of rotatable bonds is 5. The molecule has 0 spiro atoms. The van der Waals surface area contributed by atoms with E-state index in [0.29, 0.717) is 18.4 Å². The van der Waals surface area contributed by atoms with E-state index in [1.807, 2.05) is 6.07 Å². The van der Waals surface area contributed by atoms with Crippen molar-refractivity contribution in [1.29, 1.82) is 5.41 Å². The molecule has 0 amide bonds. The van der Waals surface area contributed by atoms with Crippen LogP contribution in [0.4, 0.5) is 0 Å². The maximum atomic E-state index is 11.8. The molecule has 0 radical (unpaired) electrons. The van der Waals surface area contributed by atoms with E-state index in [1.54, 1.807) is 24.3 Å². The highest BCUT2D eigenvalue weighted by Crippen LogP contribution is 2.29. The van der Waals surface area contributed by atoms with E-state index in [9.17, 15) is 8.42 Å². The summed E-state index contributed by atoms with van der Waals surface area (Å²) in [5.41, 5.74) is 6.14. The molecular formula is C11H15N3O2S. The predicted molar refractivity (Wildman–Crippen MR) is 66.2 cm³/mol. The van der Waals surface area contributed by atoms with Gasteiger partial charge in [-0.1, -0.05) is 30.3 Å². The van der Waals surface area contributed by atoms with Crippen molar-refractivity contribution in [2.45, 2.75) is 24.1 Å². The molecule has 1 unspecified atom stereocenters. The summed E-state index contributed by atoms with van der Waals surface area (Å²) in [6, 6.07) is 8.15.